The first kappa shape index (κ1) is 17.2. The molecule has 0 aliphatic rings. The van der Waals surface area contributed by atoms with Crippen molar-refractivity contribution in [1.82, 2.24) is 5.32 Å². The van der Waals surface area contributed by atoms with E-state index in [0.717, 1.165) is 12.2 Å². The molecule has 1 amide bonds. The zero-order valence-corrected chi connectivity index (χ0v) is 13.5. The summed E-state index contributed by atoms with van der Waals surface area (Å²) in [6, 6.07) is 13.4. The van der Waals surface area contributed by atoms with Gasteiger partial charge in [-0.25, -0.2) is 0 Å². The van der Waals surface area contributed by atoms with E-state index in [4.69, 9.17) is 9.15 Å². The van der Waals surface area contributed by atoms with E-state index < -0.39 is 5.60 Å². The molecule has 2 N–H and O–H groups in total. The van der Waals surface area contributed by atoms with Crippen molar-refractivity contribution < 1.29 is 19.1 Å². The Morgan fingerprint density at radius 2 is 2.00 bits per heavy atom. The summed E-state index contributed by atoms with van der Waals surface area (Å²) in [6.45, 7) is 3.92. The third kappa shape index (κ3) is 5.54. The maximum Gasteiger partial charge on any atom is 0.246 e. The van der Waals surface area contributed by atoms with Crippen LogP contribution in [-0.2, 0) is 21.6 Å². The van der Waals surface area contributed by atoms with Gasteiger partial charge in [0, 0.05) is 0 Å². The molecule has 0 bridgehead atoms. The van der Waals surface area contributed by atoms with Crippen LogP contribution >= 0.6 is 0 Å². The summed E-state index contributed by atoms with van der Waals surface area (Å²) in [7, 11) is 0. The monoisotopic (exact) mass is 317 g/mol. The quantitative estimate of drug-likeness (QED) is 0.732. The standard InChI is InChI=1S/C18H23NO4/c1-14-8-9-16(23-14)18(2,21)13-19-17(20)12-22-11-10-15-6-4-3-5-7-15/h3-9,21H,10-13H2,1-2H3,(H,19,20). The molecule has 0 saturated heterocycles. The molecule has 2 rings (SSSR count). The average Bonchev–Trinajstić information content (AvgIpc) is 2.98. The summed E-state index contributed by atoms with van der Waals surface area (Å²) in [5, 5.41) is 13.0. The summed E-state index contributed by atoms with van der Waals surface area (Å²) < 4.78 is 10.8. The largest absolute Gasteiger partial charge is 0.463 e. The minimum atomic E-state index is -1.24. The number of carbonyl (C=O) groups excluding carboxylic acids is 1. The lowest BCUT2D eigenvalue weighted by molar-refractivity contribution is -0.127. The zero-order chi connectivity index (χ0) is 16.7. The van der Waals surface area contributed by atoms with Crippen molar-refractivity contribution in [3.05, 3.63) is 59.5 Å². The summed E-state index contributed by atoms with van der Waals surface area (Å²) >= 11 is 0. The predicted molar refractivity (Wildman–Crippen MR) is 87.0 cm³/mol. The van der Waals surface area contributed by atoms with Crippen molar-refractivity contribution in [3.8, 4) is 0 Å². The van der Waals surface area contributed by atoms with Gasteiger partial charge >= 0.3 is 0 Å². The van der Waals surface area contributed by atoms with Gasteiger partial charge < -0.3 is 19.6 Å². The van der Waals surface area contributed by atoms with Gasteiger partial charge in [0.2, 0.25) is 5.91 Å². The van der Waals surface area contributed by atoms with Gasteiger partial charge in [0.1, 0.15) is 23.7 Å². The van der Waals surface area contributed by atoms with Crippen LogP contribution in [0.1, 0.15) is 24.0 Å². The number of amides is 1. The first-order valence-corrected chi connectivity index (χ1v) is 7.65. The third-order valence-corrected chi connectivity index (χ3v) is 3.51. The molecule has 0 aliphatic carbocycles. The number of aliphatic hydroxyl groups is 1. The Bertz CT molecular complexity index is 619. The van der Waals surface area contributed by atoms with E-state index in [0.29, 0.717) is 12.4 Å². The van der Waals surface area contributed by atoms with E-state index in [1.54, 1.807) is 26.0 Å². The van der Waals surface area contributed by atoms with Crippen molar-refractivity contribution in [2.45, 2.75) is 25.9 Å². The molecule has 0 spiro atoms. The van der Waals surface area contributed by atoms with Crippen LogP contribution in [0.15, 0.2) is 46.9 Å². The van der Waals surface area contributed by atoms with Gasteiger partial charge in [-0.3, -0.25) is 4.79 Å². The van der Waals surface area contributed by atoms with Crippen LogP contribution in [0.3, 0.4) is 0 Å². The molecule has 5 heteroatoms. The highest BCUT2D eigenvalue weighted by Gasteiger charge is 2.27. The molecule has 124 valence electrons. The van der Waals surface area contributed by atoms with Crippen LogP contribution in [0.5, 0.6) is 0 Å². The molecule has 1 aromatic heterocycles. The van der Waals surface area contributed by atoms with Crippen LogP contribution in [0.4, 0.5) is 0 Å². The fraction of sp³-hybridized carbons (Fsp3) is 0.389. The number of ether oxygens (including phenoxy) is 1. The lowest BCUT2D eigenvalue weighted by Gasteiger charge is -2.21. The first-order chi connectivity index (χ1) is 11.0. The highest BCUT2D eigenvalue weighted by Crippen LogP contribution is 2.21. The fourth-order valence-corrected chi connectivity index (χ4v) is 2.13. The Morgan fingerprint density at radius 3 is 2.65 bits per heavy atom. The molecular weight excluding hydrogens is 294 g/mol. The maximum atomic E-state index is 11.8. The number of furan rings is 1. The van der Waals surface area contributed by atoms with Crippen LogP contribution in [0, 0.1) is 6.92 Å². The Hall–Kier alpha value is -2.11. The molecule has 1 unspecified atom stereocenters. The molecule has 0 saturated carbocycles. The maximum absolute atomic E-state index is 11.8. The SMILES string of the molecule is Cc1ccc(C(C)(O)CNC(=O)COCCc2ccccc2)o1. The number of nitrogens with one attached hydrogen (secondary N) is 1. The van der Waals surface area contributed by atoms with Gasteiger partial charge in [-0.2, -0.15) is 0 Å². The Kier molecular flexibility index (Phi) is 5.96. The minimum absolute atomic E-state index is 0.0277. The number of hydrogen-bond acceptors (Lipinski definition) is 4. The lowest BCUT2D eigenvalue weighted by atomic mass is 10.0. The first-order valence-electron chi connectivity index (χ1n) is 7.65. The van der Waals surface area contributed by atoms with E-state index >= 15 is 0 Å². The molecule has 0 radical (unpaired) electrons. The van der Waals surface area contributed by atoms with E-state index in [1.807, 2.05) is 30.3 Å². The number of carbonyl (C=O) groups is 1. The average molecular weight is 317 g/mol. The van der Waals surface area contributed by atoms with Crippen LogP contribution < -0.4 is 5.32 Å². The molecule has 0 aliphatic heterocycles. The number of aryl methyl sites for hydroxylation is 1. The number of rotatable bonds is 8. The van der Waals surface area contributed by atoms with Gasteiger partial charge in [0.15, 0.2) is 0 Å². The van der Waals surface area contributed by atoms with Crippen LogP contribution in [0.2, 0.25) is 0 Å². The number of hydrogen-bond donors (Lipinski definition) is 2. The summed E-state index contributed by atoms with van der Waals surface area (Å²) in [5.41, 5.74) is -0.0717. The zero-order valence-electron chi connectivity index (χ0n) is 13.5. The second-order valence-electron chi connectivity index (χ2n) is 5.75. The van der Waals surface area contributed by atoms with E-state index in [9.17, 15) is 9.90 Å². The highest BCUT2D eigenvalue weighted by molar-refractivity contribution is 5.77. The predicted octanol–water partition coefficient (Wildman–Crippen LogP) is 2.17. The van der Waals surface area contributed by atoms with Gasteiger partial charge in [0.25, 0.3) is 0 Å². The van der Waals surface area contributed by atoms with Crippen molar-refractivity contribution >= 4 is 5.91 Å². The second-order valence-corrected chi connectivity index (χ2v) is 5.75. The lowest BCUT2D eigenvalue weighted by Crippen LogP contribution is -2.40. The summed E-state index contributed by atoms with van der Waals surface area (Å²) in [6.07, 6.45) is 0.761. The van der Waals surface area contributed by atoms with E-state index in [1.165, 1.54) is 5.56 Å². The number of benzene rings is 1. The second kappa shape index (κ2) is 7.94. The van der Waals surface area contributed by atoms with Crippen molar-refractivity contribution in [1.29, 1.82) is 0 Å². The summed E-state index contributed by atoms with van der Waals surface area (Å²) in [4.78, 5) is 11.8. The van der Waals surface area contributed by atoms with E-state index in [-0.39, 0.29) is 19.1 Å². The molecule has 0 fully saturated rings. The van der Waals surface area contributed by atoms with E-state index in [2.05, 4.69) is 5.32 Å². The molecule has 5 nitrogen and oxygen atoms in total. The molecular formula is C18H23NO4. The Morgan fingerprint density at radius 1 is 1.26 bits per heavy atom. The molecule has 2 aromatic rings. The Balaban J connectivity index is 1.67. The molecule has 1 heterocycles. The van der Waals surface area contributed by atoms with Gasteiger partial charge in [-0.15, -0.1) is 0 Å². The normalized spacial score (nSPS) is 13.5. The van der Waals surface area contributed by atoms with Gasteiger partial charge in [-0.05, 0) is 38.0 Å². The molecule has 1 atom stereocenters. The highest BCUT2D eigenvalue weighted by atomic mass is 16.5. The van der Waals surface area contributed by atoms with Crippen LogP contribution in [0.25, 0.3) is 0 Å². The third-order valence-electron chi connectivity index (χ3n) is 3.51. The topological polar surface area (TPSA) is 71.7 Å². The van der Waals surface area contributed by atoms with Crippen molar-refractivity contribution in [2.24, 2.45) is 0 Å². The molecule has 1 aromatic carbocycles. The fourth-order valence-electron chi connectivity index (χ4n) is 2.13. The summed E-state index contributed by atoms with van der Waals surface area (Å²) in [5.74, 6) is 0.887. The van der Waals surface area contributed by atoms with Gasteiger partial charge in [-0.1, -0.05) is 30.3 Å². The molecule has 23 heavy (non-hydrogen) atoms. The Labute approximate surface area is 136 Å². The van der Waals surface area contributed by atoms with Gasteiger partial charge in [0.05, 0.1) is 13.2 Å². The van der Waals surface area contributed by atoms with Crippen molar-refractivity contribution in [3.63, 3.8) is 0 Å². The smallest absolute Gasteiger partial charge is 0.246 e. The minimum Gasteiger partial charge on any atom is -0.463 e. The van der Waals surface area contributed by atoms with Crippen LogP contribution in [-0.4, -0.2) is 30.8 Å². The van der Waals surface area contributed by atoms with Crippen molar-refractivity contribution in [2.75, 3.05) is 19.8 Å².